The van der Waals surface area contributed by atoms with E-state index in [4.69, 9.17) is 9.47 Å². The first-order valence-electron chi connectivity index (χ1n) is 9.42. The molecule has 0 aliphatic carbocycles. The quantitative estimate of drug-likeness (QED) is 0.641. The lowest BCUT2D eigenvalue weighted by Crippen LogP contribution is -2.13. The average molecular weight is 410 g/mol. The molecule has 0 bridgehead atoms. The first-order valence-corrected chi connectivity index (χ1v) is 10.9. The summed E-state index contributed by atoms with van der Waals surface area (Å²) in [7, 11) is -2.14. The smallest absolute Gasteiger partial charge is 0.261 e. The molecule has 0 radical (unpaired) electrons. The predicted octanol–water partition coefficient (Wildman–Crippen LogP) is 5.04. The van der Waals surface area contributed by atoms with E-state index in [2.05, 4.69) is 30.7 Å². The van der Waals surface area contributed by atoms with Gasteiger partial charge < -0.3 is 9.47 Å². The maximum atomic E-state index is 12.7. The standard InChI is InChI=1S/C23H23NO4S/c1-15-9-7-8-12-19(15)22-16(2)20-13-17(14-21(27-3)23(20)28-22)24-29(25,26)18-10-5-4-6-11-18/h4-14,16,22,24H,1-3H3. The molecule has 0 aromatic heterocycles. The monoisotopic (exact) mass is 409 g/mol. The van der Waals surface area contributed by atoms with Gasteiger partial charge in [0.1, 0.15) is 6.10 Å². The largest absolute Gasteiger partial charge is 0.493 e. The maximum absolute atomic E-state index is 12.7. The zero-order valence-corrected chi connectivity index (χ0v) is 17.4. The fourth-order valence-corrected chi connectivity index (χ4v) is 4.80. The third kappa shape index (κ3) is 3.56. The van der Waals surface area contributed by atoms with E-state index in [1.165, 1.54) is 0 Å². The van der Waals surface area contributed by atoms with E-state index < -0.39 is 10.0 Å². The van der Waals surface area contributed by atoms with Crippen LogP contribution in [0.15, 0.2) is 71.6 Å². The van der Waals surface area contributed by atoms with E-state index in [1.807, 2.05) is 18.2 Å². The Hall–Kier alpha value is -2.99. The molecular weight excluding hydrogens is 386 g/mol. The van der Waals surface area contributed by atoms with Crippen molar-refractivity contribution in [2.75, 3.05) is 11.8 Å². The minimum absolute atomic E-state index is 0.0428. The van der Waals surface area contributed by atoms with Crippen molar-refractivity contribution in [1.82, 2.24) is 0 Å². The van der Waals surface area contributed by atoms with Gasteiger partial charge in [-0.25, -0.2) is 8.42 Å². The normalized spacial score (nSPS) is 18.0. The van der Waals surface area contributed by atoms with Crippen LogP contribution in [0.5, 0.6) is 11.5 Å². The van der Waals surface area contributed by atoms with E-state index >= 15 is 0 Å². The van der Waals surface area contributed by atoms with Crippen LogP contribution >= 0.6 is 0 Å². The fraction of sp³-hybridized carbons (Fsp3) is 0.217. The summed E-state index contributed by atoms with van der Waals surface area (Å²) in [6.07, 6.45) is -0.152. The summed E-state index contributed by atoms with van der Waals surface area (Å²) < 4.78 is 39.9. The molecule has 1 heterocycles. The Balaban J connectivity index is 1.71. The van der Waals surface area contributed by atoms with E-state index in [9.17, 15) is 8.42 Å². The van der Waals surface area contributed by atoms with E-state index in [1.54, 1.807) is 43.5 Å². The van der Waals surface area contributed by atoms with Crippen molar-refractivity contribution >= 4 is 15.7 Å². The summed E-state index contributed by atoms with van der Waals surface area (Å²) in [4.78, 5) is 0.210. The minimum Gasteiger partial charge on any atom is -0.493 e. The summed E-state index contributed by atoms with van der Waals surface area (Å²) >= 11 is 0. The zero-order valence-electron chi connectivity index (χ0n) is 16.5. The number of hydrogen-bond donors (Lipinski definition) is 1. The molecule has 4 rings (SSSR count). The van der Waals surface area contributed by atoms with Crippen molar-refractivity contribution in [2.45, 2.75) is 30.8 Å². The molecule has 1 aliphatic heterocycles. The number of anilines is 1. The predicted molar refractivity (Wildman–Crippen MR) is 113 cm³/mol. The molecule has 0 spiro atoms. The number of benzene rings is 3. The Labute approximate surface area is 171 Å². The molecule has 0 saturated heterocycles. The van der Waals surface area contributed by atoms with Gasteiger partial charge in [-0.1, -0.05) is 49.4 Å². The van der Waals surface area contributed by atoms with Crippen LogP contribution in [-0.4, -0.2) is 15.5 Å². The van der Waals surface area contributed by atoms with Crippen molar-refractivity contribution in [1.29, 1.82) is 0 Å². The van der Waals surface area contributed by atoms with Gasteiger partial charge in [-0.3, -0.25) is 4.72 Å². The van der Waals surface area contributed by atoms with Crippen molar-refractivity contribution in [2.24, 2.45) is 0 Å². The molecular formula is C23H23NO4S. The Morgan fingerprint density at radius 2 is 1.66 bits per heavy atom. The van der Waals surface area contributed by atoms with Gasteiger partial charge in [-0.2, -0.15) is 0 Å². The Bertz CT molecular complexity index is 1140. The number of fused-ring (bicyclic) bond motifs is 1. The van der Waals surface area contributed by atoms with Gasteiger partial charge in [0.2, 0.25) is 0 Å². The zero-order chi connectivity index (χ0) is 20.6. The second-order valence-electron chi connectivity index (χ2n) is 7.20. The average Bonchev–Trinajstić information content (AvgIpc) is 3.05. The first kappa shape index (κ1) is 19.3. The van der Waals surface area contributed by atoms with Crippen LogP contribution in [-0.2, 0) is 10.0 Å². The summed E-state index contributed by atoms with van der Waals surface area (Å²) in [5.74, 6) is 1.22. The Kier molecular flexibility index (Phi) is 4.96. The van der Waals surface area contributed by atoms with Crippen LogP contribution in [0.2, 0.25) is 0 Å². The minimum atomic E-state index is -3.69. The Morgan fingerprint density at radius 3 is 2.34 bits per heavy atom. The second kappa shape index (κ2) is 7.44. The fourth-order valence-electron chi connectivity index (χ4n) is 3.74. The summed E-state index contributed by atoms with van der Waals surface area (Å²) in [5.41, 5.74) is 3.64. The summed E-state index contributed by atoms with van der Waals surface area (Å²) in [6, 6.07) is 19.9. The lowest BCUT2D eigenvalue weighted by Gasteiger charge is -2.18. The highest BCUT2D eigenvalue weighted by atomic mass is 32.2. The number of aryl methyl sites for hydroxylation is 1. The highest BCUT2D eigenvalue weighted by molar-refractivity contribution is 7.92. The maximum Gasteiger partial charge on any atom is 0.261 e. The van der Waals surface area contributed by atoms with Crippen molar-refractivity contribution in [3.63, 3.8) is 0 Å². The van der Waals surface area contributed by atoms with E-state index in [0.29, 0.717) is 17.2 Å². The van der Waals surface area contributed by atoms with Crippen molar-refractivity contribution < 1.29 is 17.9 Å². The summed E-state index contributed by atoms with van der Waals surface area (Å²) in [5, 5.41) is 0. The molecule has 1 aliphatic rings. The van der Waals surface area contributed by atoms with Gasteiger partial charge in [0.25, 0.3) is 10.0 Å². The van der Waals surface area contributed by atoms with Gasteiger partial charge in [-0.15, -0.1) is 0 Å². The van der Waals surface area contributed by atoms with Crippen LogP contribution in [0.25, 0.3) is 0 Å². The molecule has 2 atom stereocenters. The van der Waals surface area contributed by atoms with Crippen LogP contribution in [0.4, 0.5) is 5.69 Å². The van der Waals surface area contributed by atoms with Gasteiger partial charge in [-0.05, 0) is 36.2 Å². The molecule has 0 saturated carbocycles. The van der Waals surface area contributed by atoms with E-state index in [0.717, 1.165) is 16.7 Å². The Morgan fingerprint density at radius 1 is 0.966 bits per heavy atom. The van der Waals surface area contributed by atoms with E-state index in [-0.39, 0.29) is 16.9 Å². The van der Waals surface area contributed by atoms with Crippen LogP contribution in [0, 0.1) is 6.92 Å². The molecule has 3 aromatic rings. The molecule has 3 aromatic carbocycles. The van der Waals surface area contributed by atoms with Crippen LogP contribution in [0.1, 0.15) is 35.6 Å². The molecule has 29 heavy (non-hydrogen) atoms. The highest BCUT2D eigenvalue weighted by Crippen LogP contribution is 2.51. The van der Waals surface area contributed by atoms with Crippen LogP contribution < -0.4 is 14.2 Å². The second-order valence-corrected chi connectivity index (χ2v) is 8.88. The highest BCUT2D eigenvalue weighted by Gasteiger charge is 2.36. The number of sulfonamides is 1. The van der Waals surface area contributed by atoms with Gasteiger partial charge >= 0.3 is 0 Å². The lowest BCUT2D eigenvalue weighted by atomic mass is 9.90. The van der Waals surface area contributed by atoms with Gasteiger partial charge in [0, 0.05) is 17.5 Å². The number of methoxy groups -OCH3 is 1. The molecule has 150 valence electrons. The molecule has 0 amide bonds. The van der Waals surface area contributed by atoms with Crippen molar-refractivity contribution in [3.05, 3.63) is 83.4 Å². The molecule has 6 heteroatoms. The molecule has 2 unspecified atom stereocenters. The summed E-state index contributed by atoms with van der Waals surface area (Å²) in [6.45, 7) is 4.14. The molecule has 1 N–H and O–H groups in total. The topological polar surface area (TPSA) is 64.6 Å². The van der Waals surface area contributed by atoms with Gasteiger partial charge in [0.15, 0.2) is 11.5 Å². The number of nitrogens with one attached hydrogen (secondary N) is 1. The van der Waals surface area contributed by atoms with Gasteiger partial charge in [0.05, 0.1) is 17.7 Å². The third-order valence-corrected chi connectivity index (χ3v) is 6.69. The lowest BCUT2D eigenvalue weighted by molar-refractivity contribution is 0.207. The number of rotatable bonds is 5. The number of ether oxygens (including phenoxy) is 2. The molecule has 5 nitrogen and oxygen atoms in total. The first-order chi connectivity index (χ1) is 13.9. The SMILES string of the molecule is COc1cc(NS(=O)(=O)c2ccccc2)cc2c1OC(c1ccccc1C)C2C. The molecule has 0 fully saturated rings. The van der Waals surface area contributed by atoms with Crippen molar-refractivity contribution in [3.8, 4) is 11.5 Å². The van der Waals surface area contributed by atoms with Crippen LogP contribution in [0.3, 0.4) is 0 Å². The third-order valence-electron chi connectivity index (χ3n) is 5.29. The number of hydrogen-bond acceptors (Lipinski definition) is 4.